The van der Waals surface area contributed by atoms with Crippen LogP contribution in [0.25, 0.3) is 0 Å². The lowest BCUT2D eigenvalue weighted by Crippen LogP contribution is -2.26. The van der Waals surface area contributed by atoms with Crippen LogP contribution in [0.5, 0.6) is 5.75 Å². The second kappa shape index (κ2) is 7.77. The molecule has 0 fully saturated rings. The summed E-state index contributed by atoms with van der Waals surface area (Å²) < 4.78 is 31.0. The van der Waals surface area contributed by atoms with Crippen molar-refractivity contribution in [1.82, 2.24) is 10.2 Å². The van der Waals surface area contributed by atoms with Crippen LogP contribution in [0.3, 0.4) is 0 Å². The van der Waals surface area contributed by atoms with Crippen LogP contribution in [0, 0.1) is 0 Å². The van der Waals surface area contributed by atoms with E-state index < -0.39 is 10.0 Å². The predicted molar refractivity (Wildman–Crippen MR) is 98.4 cm³/mol. The Morgan fingerprint density at radius 2 is 1.79 bits per heavy atom. The summed E-state index contributed by atoms with van der Waals surface area (Å²) >= 11 is 13.5. The average molecular weight is 408 g/mol. The molecule has 10 heteroatoms. The van der Waals surface area contributed by atoms with Gasteiger partial charge in [0.05, 0.1) is 19.1 Å². The van der Waals surface area contributed by atoms with Crippen molar-refractivity contribution in [3.63, 3.8) is 0 Å². The number of rotatable bonds is 6. The maximum atomic E-state index is 12.3. The standard InChI is InChI=1S/C14H15Cl2N3O3S2/c1-4-23-13-8-12(22-2)14(18-17-13)19(24(3,20)21)11-6-9(15)5-10(16)7-11/h5-8H,4H2,1-3H3. The van der Waals surface area contributed by atoms with Crippen LogP contribution in [0.15, 0.2) is 29.3 Å². The number of hydrogen-bond donors (Lipinski definition) is 0. The Morgan fingerprint density at radius 3 is 2.29 bits per heavy atom. The molecule has 0 saturated carbocycles. The summed E-state index contributed by atoms with van der Waals surface area (Å²) in [5.74, 6) is 1.12. The van der Waals surface area contributed by atoms with Crippen LogP contribution >= 0.6 is 35.0 Å². The molecule has 2 rings (SSSR count). The first-order valence-electron chi connectivity index (χ1n) is 6.77. The third-order valence-electron chi connectivity index (χ3n) is 2.84. The van der Waals surface area contributed by atoms with E-state index in [4.69, 9.17) is 27.9 Å². The molecule has 1 aromatic heterocycles. The molecule has 0 aliphatic heterocycles. The minimum Gasteiger partial charge on any atom is -0.493 e. The Kier molecular flexibility index (Phi) is 6.19. The van der Waals surface area contributed by atoms with Gasteiger partial charge in [-0.25, -0.2) is 12.7 Å². The first-order chi connectivity index (χ1) is 11.3. The molecule has 0 amide bonds. The van der Waals surface area contributed by atoms with E-state index in [9.17, 15) is 8.42 Å². The van der Waals surface area contributed by atoms with Gasteiger partial charge >= 0.3 is 0 Å². The second-order valence-corrected chi connectivity index (χ2v) is 8.65. The van der Waals surface area contributed by atoms with Crippen LogP contribution in [0.4, 0.5) is 11.5 Å². The number of halogens is 2. The van der Waals surface area contributed by atoms with Crippen LogP contribution in [0.1, 0.15) is 6.92 Å². The van der Waals surface area contributed by atoms with Crippen molar-refractivity contribution < 1.29 is 13.2 Å². The fraction of sp³-hybridized carbons (Fsp3) is 0.286. The number of ether oxygens (including phenoxy) is 1. The first-order valence-corrected chi connectivity index (χ1v) is 10.4. The summed E-state index contributed by atoms with van der Waals surface area (Å²) in [6.07, 6.45) is 1.05. The van der Waals surface area contributed by atoms with Crippen LogP contribution in [-0.4, -0.2) is 37.7 Å². The molecule has 1 heterocycles. The minimum atomic E-state index is -3.74. The Balaban J connectivity index is 2.65. The number of nitrogens with zero attached hydrogens (tertiary/aromatic N) is 3. The van der Waals surface area contributed by atoms with E-state index >= 15 is 0 Å². The molecule has 0 atom stereocenters. The van der Waals surface area contributed by atoms with E-state index in [-0.39, 0.29) is 17.3 Å². The van der Waals surface area contributed by atoms with Crippen molar-refractivity contribution >= 4 is 56.5 Å². The Morgan fingerprint density at radius 1 is 1.17 bits per heavy atom. The Labute approximate surface area is 155 Å². The molecule has 2 aromatic rings. The van der Waals surface area contributed by atoms with Gasteiger partial charge in [-0.1, -0.05) is 30.1 Å². The largest absolute Gasteiger partial charge is 0.493 e. The van der Waals surface area contributed by atoms with Crippen molar-refractivity contribution in [2.75, 3.05) is 23.4 Å². The van der Waals surface area contributed by atoms with Crippen LogP contribution < -0.4 is 9.04 Å². The molecule has 0 saturated heterocycles. The van der Waals surface area contributed by atoms with Gasteiger partial charge < -0.3 is 4.74 Å². The topological polar surface area (TPSA) is 72.4 Å². The zero-order valence-corrected chi connectivity index (χ0v) is 16.3. The van der Waals surface area contributed by atoms with Crippen molar-refractivity contribution in [1.29, 1.82) is 0 Å². The number of benzene rings is 1. The number of hydrogen-bond acceptors (Lipinski definition) is 6. The summed E-state index contributed by atoms with van der Waals surface area (Å²) in [6, 6.07) is 6.10. The molecule has 0 aliphatic carbocycles. The average Bonchev–Trinajstić information content (AvgIpc) is 2.46. The van der Waals surface area contributed by atoms with Gasteiger partial charge in [-0.15, -0.1) is 22.0 Å². The van der Waals surface area contributed by atoms with E-state index in [1.165, 1.54) is 37.1 Å². The summed E-state index contributed by atoms with van der Waals surface area (Å²) in [7, 11) is -2.30. The second-order valence-electron chi connectivity index (χ2n) is 4.66. The molecule has 6 nitrogen and oxygen atoms in total. The van der Waals surface area contributed by atoms with E-state index in [1.807, 2.05) is 6.92 Å². The van der Waals surface area contributed by atoms with Gasteiger partial charge in [0.15, 0.2) is 5.75 Å². The third kappa shape index (κ3) is 4.44. The molecule has 0 unspecified atom stereocenters. The van der Waals surface area contributed by atoms with Crippen molar-refractivity contribution in [2.24, 2.45) is 0 Å². The highest BCUT2D eigenvalue weighted by atomic mass is 35.5. The lowest BCUT2D eigenvalue weighted by molar-refractivity contribution is 0.411. The highest BCUT2D eigenvalue weighted by Crippen LogP contribution is 2.37. The van der Waals surface area contributed by atoms with Gasteiger partial charge in [0, 0.05) is 16.1 Å². The van der Waals surface area contributed by atoms with Gasteiger partial charge in [0.1, 0.15) is 5.03 Å². The highest BCUT2D eigenvalue weighted by Gasteiger charge is 2.26. The molecular formula is C14H15Cl2N3O3S2. The number of anilines is 2. The SMILES string of the molecule is CCSc1cc(OC)c(N(c2cc(Cl)cc(Cl)c2)S(C)(=O)=O)nn1. The van der Waals surface area contributed by atoms with Crippen molar-refractivity contribution in [2.45, 2.75) is 11.9 Å². The lowest BCUT2D eigenvalue weighted by atomic mass is 10.3. The van der Waals surface area contributed by atoms with E-state index in [1.54, 1.807) is 6.07 Å². The summed E-state index contributed by atoms with van der Waals surface area (Å²) in [5, 5.41) is 9.32. The fourth-order valence-corrected chi connectivity index (χ4v) is 4.02. The number of aromatic nitrogens is 2. The minimum absolute atomic E-state index is 0.0405. The van der Waals surface area contributed by atoms with E-state index in [0.29, 0.717) is 15.1 Å². The van der Waals surface area contributed by atoms with Gasteiger partial charge in [-0.05, 0) is 24.0 Å². The zero-order valence-electron chi connectivity index (χ0n) is 13.2. The summed E-state index contributed by atoms with van der Waals surface area (Å²) in [4.78, 5) is 0. The predicted octanol–water partition coefficient (Wildman–Crippen LogP) is 4.00. The lowest BCUT2D eigenvalue weighted by Gasteiger charge is -2.23. The molecule has 0 bridgehead atoms. The van der Waals surface area contributed by atoms with E-state index in [2.05, 4.69) is 10.2 Å². The molecule has 0 N–H and O–H groups in total. The third-order valence-corrected chi connectivity index (χ3v) is 5.10. The quantitative estimate of drug-likeness (QED) is 0.673. The maximum Gasteiger partial charge on any atom is 0.237 e. The van der Waals surface area contributed by atoms with Gasteiger partial charge in [-0.3, -0.25) is 0 Å². The summed E-state index contributed by atoms with van der Waals surface area (Å²) in [5.41, 5.74) is 0.249. The Bertz CT molecular complexity index is 827. The molecule has 24 heavy (non-hydrogen) atoms. The fourth-order valence-electron chi connectivity index (χ4n) is 1.99. The van der Waals surface area contributed by atoms with Crippen molar-refractivity contribution in [3.8, 4) is 5.75 Å². The highest BCUT2D eigenvalue weighted by molar-refractivity contribution is 7.99. The smallest absolute Gasteiger partial charge is 0.237 e. The van der Waals surface area contributed by atoms with E-state index in [0.717, 1.165) is 16.3 Å². The van der Waals surface area contributed by atoms with Crippen molar-refractivity contribution in [3.05, 3.63) is 34.3 Å². The van der Waals surface area contributed by atoms with Gasteiger partial charge in [0.2, 0.25) is 15.8 Å². The Hall–Kier alpha value is -1.22. The number of thioether (sulfide) groups is 1. The monoisotopic (exact) mass is 407 g/mol. The van der Waals surface area contributed by atoms with Gasteiger partial charge in [-0.2, -0.15) is 0 Å². The molecule has 0 radical (unpaired) electrons. The van der Waals surface area contributed by atoms with Crippen LogP contribution in [0.2, 0.25) is 10.0 Å². The van der Waals surface area contributed by atoms with Crippen LogP contribution in [-0.2, 0) is 10.0 Å². The molecular weight excluding hydrogens is 393 g/mol. The summed E-state index contributed by atoms with van der Waals surface area (Å²) in [6.45, 7) is 1.98. The molecule has 0 aliphatic rings. The zero-order chi connectivity index (χ0) is 17.9. The molecule has 0 spiro atoms. The molecule has 1 aromatic carbocycles. The normalized spacial score (nSPS) is 11.4. The van der Waals surface area contributed by atoms with Gasteiger partial charge in [0.25, 0.3) is 0 Å². The number of methoxy groups -OCH3 is 1. The first kappa shape index (κ1) is 19.1. The molecule has 130 valence electrons. The maximum absolute atomic E-state index is 12.3. The number of sulfonamides is 1.